The highest BCUT2D eigenvalue weighted by Crippen LogP contribution is 2.25. The molecule has 1 amide bonds. The van der Waals surface area contributed by atoms with E-state index in [0.717, 1.165) is 18.6 Å². The minimum absolute atomic E-state index is 0.111. The normalized spacial score (nSPS) is 20.3. The number of amides is 1. The molecule has 10 nitrogen and oxygen atoms in total. The lowest BCUT2D eigenvalue weighted by molar-refractivity contribution is 0.0305. The van der Waals surface area contributed by atoms with E-state index in [1.54, 1.807) is 33.3 Å². The molecular formula is C20H24N6O4. The van der Waals surface area contributed by atoms with Crippen LogP contribution in [0, 0.1) is 0 Å². The van der Waals surface area contributed by atoms with Crippen molar-refractivity contribution >= 4 is 17.1 Å². The van der Waals surface area contributed by atoms with Gasteiger partial charge in [0.2, 0.25) is 0 Å². The number of carbonyl (C=O) groups excluding carboxylic acids is 1. The van der Waals surface area contributed by atoms with Gasteiger partial charge in [0.05, 0.1) is 31.3 Å². The molecule has 5 rings (SSSR count). The van der Waals surface area contributed by atoms with Gasteiger partial charge in [0.15, 0.2) is 17.1 Å². The number of nitrogens with zero attached hydrogens (tertiary/aromatic N) is 6. The van der Waals surface area contributed by atoms with Crippen molar-refractivity contribution in [3.8, 4) is 0 Å². The number of likely N-dealkylation sites (tertiary alicyclic amines) is 1. The number of aryl methyl sites for hydroxylation is 1. The summed E-state index contributed by atoms with van der Waals surface area (Å²) in [5.41, 5.74) is 1.63. The highest BCUT2D eigenvalue weighted by molar-refractivity contribution is 5.92. The Morgan fingerprint density at radius 1 is 1.27 bits per heavy atom. The first kappa shape index (κ1) is 19.0. The summed E-state index contributed by atoms with van der Waals surface area (Å²) in [5.74, 6) is 0.501. The summed E-state index contributed by atoms with van der Waals surface area (Å²) in [6, 6.07) is 5.30. The first-order valence-electron chi connectivity index (χ1n) is 10.2. The molecule has 2 aliphatic rings. The van der Waals surface area contributed by atoms with Crippen molar-refractivity contribution in [3.05, 3.63) is 46.3 Å². The molecule has 30 heavy (non-hydrogen) atoms. The van der Waals surface area contributed by atoms with Gasteiger partial charge in [-0.1, -0.05) is 5.16 Å². The number of morpholine rings is 1. The average Bonchev–Trinajstić information content (AvgIpc) is 3.49. The van der Waals surface area contributed by atoms with Crippen LogP contribution in [0.15, 0.2) is 33.7 Å². The molecule has 0 unspecified atom stereocenters. The summed E-state index contributed by atoms with van der Waals surface area (Å²) >= 11 is 0. The van der Waals surface area contributed by atoms with E-state index in [1.807, 2.05) is 12.1 Å². The van der Waals surface area contributed by atoms with E-state index in [1.165, 1.54) is 0 Å². The van der Waals surface area contributed by atoms with Crippen molar-refractivity contribution in [2.75, 3.05) is 39.4 Å². The maximum atomic E-state index is 12.9. The minimum atomic E-state index is -0.171. The average molecular weight is 412 g/mol. The number of hydrogen-bond donors (Lipinski definition) is 0. The van der Waals surface area contributed by atoms with Crippen molar-refractivity contribution in [2.24, 2.45) is 7.05 Å². The number of hydrogen-bond acceptors (Lipinski definition) is 7. The summed E-state index contributed by atoms with van der Waals surface area (Å²) in [7, 11) is 1.74. The molecule has 10 heteroatoms. The van der Waals surface area contributed by atoms with Crippen LogP contribution in [0.2, 0.25) is 0 Å². The van der Waals surface area contributed by atoms with Crippen LogP contribution in [-0.4, -0.2) is 74.4 Å². The van der Waals surface area contributed by atoms with Crippen LogP contribution in [0.3, 0.4) is 0 Å². The second kappa shape index (κ2) is 7.69. The second-order valence-corrected chi connectivity index (χ2v) is 7.82. The Labute approximate surface area is 172 Å². The number of ether oxygens (including phenoxy) is 1. The number of carbonyl (C=O) groups is 1. The van der Waals surface area contributed by atoms with Crippen LogP contribution in [0.5, 0.6) is 0 Å². The third-order valence-electron chi connectivity index (χ3n) is 5.93. The van der Waals surface area contributed by atoms with Gasteiger partial charge in [0.1, 0.15) is 0 Å². The summed E-state index contributed by atoms with van der Waals surface area (Å²) in [4.78, 5) is 34.0. The van der Waals surface area contributed by atoms with E-state index in [-0.39, 0.29) is 17.6 Å². The SMILES string of the molecule is Cn1c(=O)n([C@H]2CCN(C(=O)c3cc(CN4CCOCC4)on3)C2)c2ncccc21. The molecule has 2 saturated heterocycles. The third kappa shape index (κ3) is 3.31. The van der Waals surface area contributed by atoms with Crippen LogP contribution >= 0.6 is 0 Å². The standard InChI is InChI=1S/C20H24N6O4/c1-23-17-3-2-5-21-18(17)26(20(23)28)14-4-6-25(12-14)19(27)16-11-15(30-22-16)13-24-7-9-29-10-8-24/h2-3,5,11,14H,4,6-10,12-13H2,1H3/t14-/m0/s1. The number of aromatic nitrogens is 4. The highest BCUT2D eigenvalue weighted by Gasteiger charge is 2.32. The zero-order valence-corrected chi connectivity index (χ0v) is 16.9. The van der Waals surface area contributed by atoms with Crippen LogP contribution in [0.25, 0.3) is 11.2 Å². The fraction of sp³-hybridized carbons (Fsp3) is 0.500. The van der Waals surface area contributed by atoms with Gasteiger partial charge in [0.25, 0.3) is 5.91 Å². The molecule has 5 heterocycles. The molecule has 0 spiro atoms. The number of imidazole rings is 1. The van der Waals surface area contributed by atoms with Crippen LogP contribution < -0.4 is 5.69 Å². The lowest BCUT2D eigenvalue weighted by Crippen LogP contribution is -2.35. The Morgan fingerprint density at radius 3 is 2.93 bits per heavy atom. The monoisotopic (exact) mass is 412 g/mol. The van der Waals surface area contributed by atoms with Gasteiger partial charge < -0.3 is 14.2 Å². The molecule has 0 aromatic carbocycles. The molecule has 3 aromatic rings. The molecule has 2 aliphatic heterocycles. The van der Waals surface area contributed by atoms with E-state index in [0.29, 0.717) is 56.4 Å². The summed E-state index contributed by atoms with van der Waals surface area (Å²) in [6.45, 7) is 4.71. The van der Waals surface area contributed by atoms with Crippen LogP contribution in [0.1, 0.15) is 28.7 Å². The fourth-order valence-corrected chi connectivity index (χ4v) is 4.29. The van der Waals surface area contributed by atoms with Crippen molar-refractivity contribution in [2.45, 2.75) is 19.0 Å². The molecule has 3 aromatic heterocycles. The van der Waals surface area contributed by atoms with Gasteiger partial charge in [-0.2, -0.15) is 0 Å². The Balaban J connectivity index is 1.30. The molecular weight excluding hydrogens is 388 g/mol. The first-order valence-corrected chi connectivity index (χ1v) is 10.2. The fourth-order valence-electron chi connectivity index (χ4n) is 4.29. The Hall–Kier alpha value is -2.98. The molecule has 0 saturated carbocycles. The largest absolute Gasteiger partial charge is 0.379 e. The topological polar surface area (TPSA) is 98.6 Å². The predicted molar refractivity (Wildman–Crippen MR) is 107 cm³/mol. The summed E-state index contributed by atoms with van der Waals surface area (Å²) in [5, 5.41) is 3.99. The Morgan fingerprint density at radius 2 is 2.10 bits per heavy atom. The Kier molecular flexibility index (Phi) is 4.87. The molecule has 1 atom stereocenters. The van der Waals surface area contributed by atoms with E-state index in [2.05, 4.69) is 15.0 Å². The number of pyridine rings is 1. The van der Waals surface area contributed by atoms with Crippen LogP contribution in [0.4, 0.5) is 0 Å². The van der Waals surface area contributed by atoms with Gasteiger partial charge in [-0.05, 0) is 18.6 Å². The van der Waals surface area contributed by atoms with E-state index < -0.39 is 0 Å². The molecule has 0 aliphatic carbocycles. The minimum Gasteiger partial charge on any atom is -0.379 e. The lowest BCUT2D eigenvalue weighted by Gasteiger charge is -2.25. The van der Waals surface area contributed by atoms with E-state index >= 15 is 0 Å². The molecule has 158 valence electrons. The van der Waals surface area contributed by atoms with Gasteiger partial charge in [-0.25, -0.2) is 9.78 Å². The number of rotatable bonds is 4. The quantitative estimate of drug-likeness (QED) is 0.620. The molecule has 0 N–H and O–H groups in total. The maximum absolute atomic E-state index is 12.9. The zero-order valence-electron chi connectivity index (χ0n) is 16.9. The van der Waals surface area contributed by atoms with Gasteiger partial charge in [-0.15, -0.1) is 0 Å². The molecule has 2 fully saturated rings. The molecule has 0 radical (unpaired) electrons. The summed E-state index contributed by atoms with van der Waals surface area (Å²) in [6.07, 6.45) is 2.38. The lowest BCUT2D eigenvalue weighted by atomic mass is 10.2. The Bertz CT molecular complexity index is 1130. The van der Waals surface area contributed by atoms with E-state index in [9.17, 15) is 9.59 Å². The second-order valence-electron chi connectivity index (χ2n) is 7.82. The predicted octanol–water partition coefficient (Wildman–Crippen LogP) is 0.642. The highest BCUT2D eigenvalue weighted by atomic mass is 16.5. The van der Waals surface area contributed by atoms with Gasteiger partial charge in [-0.3, -0.25) is 18.8 Å². The third-order valence-corrected chi connectivity index (χ3v) is 5.93. The maximum Gasteiger partial charge on any atom is 0.330 e. The van der Waals surface area contributed by atoms with Gasteiger partial charge in [0, 0.05) is 45.5 Å². The first-order chi connectivity index (χ1) is 14.6. The summed E-state index contributed by atoms with van der Waals surface area (Å²) < 4.78 is 14.0. The van der Waals surface area contributed by atoms with Gasteiger partial charge >= 0.3 is 5.69 Å². The zero-order chi connectivity index (χ0) is 20.7. The van der Waals surface area contributed by atoms with Crippen molar-refractivity contribution in [3.63, 3.8) is 0 Å². The van der Waals surface area contributed by atoms with Crippen molar-refractivity contribution in [1.29, 1.82) is 0 Å². The van der Waals surface area contributed by atoms with Crippen molar-refractivity contribution in [1.82, 2.24) is 29.1 Å². The van der Waals surface area contributed by atoms with Crippen molar-refractivity contribution < 1.29 is 14.1 Å². The smallest absolute Gasteiger partial charge is 0.330 e. The van der Waals surface area contributed by atoms with Crippen LogP contribution in [-0.2, 0) is 18.3 Å². The number of fused-ring (bicyclic) bond motifs is 1. The molecule has 0 bridgehead atoms. The van der Waals surface area contributed by atoms with E-state index in [4.69, 9.17) is 9.26 Å².